The maximum atomic E-state index is 13.1. The van der Waals surface area contributed by atoms with Crippen molar-refractivity contribution in [3.05, 3.63) is 71.7 Å². The summed E-state index contributed by atoms with van der Waals surface area (Å²) in [4.78, 5) is 23.1. The Morgan fingerprint density at radius 3 is 2.59 bits per heavy atom. The number of nitrogens with zero attached hydrogens (tertiary/aromatic N) is 1. The molecule has 0 saturated heterocycles. The largest absolute Gasteiger partial charge is 0.493 e. The van der Waals surface area contributed by atoms with Crippen LogP contribution in [0.1, 0.15) is 41.7 Å². The molecule has 2 heterocycles. The van der Waals surface area contributed by atoms with E-state index in [1.165, 1.54) is 29.7 Å². The van der Waals surface area contributed by atoms with Gasteiger partial charge in [0.05, 0.1) is 17.0 Å². The lowest BCUT2D eigenvalue weighted by Gasteiger charge is -2.14. The molecule has 5 rings (SSSR count). The first-order valence-corrected chi connectivity index (χ1v) is 13.7. The predicted octanol–water partition coefficient (Wildman–Crippen LogP) is 7.42. The van der Waals surface area contributed by atoms with Crippen LogP contribution in [-0.4, -0.2) is 17.1 Å². The molecule has 0 saturated carbocycles. The first-order valence-electron chi connectivity index (χ1n) is 11.3. The van der Waals surface area contributed by atoms with Crippen molar-refractivity contribution < 1.29 is 9.47 Å². The van der Waals surface area contributed by atoms with Crippen LogP contribution in [0.15, 0.2) is 50.1 Å². The summed E-state index contributed by atoms with van der Waals surface area (Å²) in [5, 5.41) is 0.770. The molecule has 0 amide bonds. The molecule has 176 valence electrons. The van der Waals surface area contributed by atoms with E-state index in [-0.39, 0.29) is 5.56 Å². The van der Waals surface area contributed by atoms with Gasteiger partial charge in [0.2, 0.25) is 0 Å². The summed E-state index contributed by atoms with van der Waals surface area (Å²) in [5.41, 5.74) is 2.95. The van der Waals surface area contributed by atoms with Gasteiger partial charge in [0, 0.05) is 14.9 Å². The monoisotopic (exact) mass is 602 g/mol. The van der Waals surface area contributed by atoms with Gasteiger partial charge >= 0.3 is 0 Å². The number of halogens is 2. The zero-order valence-electron chi connectivity index (χ0n) is 18.7. The molecule has 0 aliphatic heterocycles. The van der Waals surface area contributed by atoms with Crippen LogP contribution in [0.2, 0.25) is 0 Å². The van der Waals surface area contributed by atoms with Crippen LogP contribution in [-0.2, 0) is 19.4 Å². The van der Waals surface area contributed by atoms with Gasteiger partial charge in [-0.05, 0) is 77.0 Å². The van der Waals surface area contributed by atoms with E-state index in [4.69, 9.17) is 14.5 Å². The topological polar surface area (TPSA) is 64.2 Å². The maximum Gasteiger partial charge on any atom is 0.260 e. The molecule has 0 unspecified atom stereocenters. The average molecular weight is 604 g/mol. The second-order valence-electron chi connectivity index (χ2n) is 8.42. The number of aromatic amines is 1. The average Bonchev–Trinajstić information content (AvgIpc) is 3.15. The number of benzene rings is 2. The molecule has 5 nitrogen and oxygen atoms in total. The van der Waals surface area contributed by atoms with E-state index >= 15 is 0 Å². The van der Waals surface area contributed by atoms with Crippen molar-refractivity contribution in [3.8, 4) is 22.9 Å². The molecular weight excluding hydrogens is 580 g/mol. The third kappa shape index (κ3) is 4.81. The minimum absolute atomic E-state index is 0.0660. The summed E-state index contributed by atoms with van der Waals surface area (Å²) in [6.45, 7) is 0.406. The summed E-state index contributed by atoms with van der Waals surface area (Å²) in [6, 6.07) is 11.7. The number of aryl methyl sites for hydroxylation is 2. The van der Waals surface area contributed by atoms with E-state index in [1.807, 2.05) is 36.4 Å². The lowest BCUT2D eigenvalue weighted by atomic mass is 9.98. The van der Waals surface area contributed by atoms with Crippen molar-refractivity contribution in [2.45, 2.75) is 45.1 Å². The van der Waals surface area contributed by atoms with E-state index in [0.717, 1.165) is 49.6 Å². The first-order chi connectivity index (χ1) is 16.5. The normalized spacial score (nSPS) is 13.9. The van der Waals surface area contributed by atoms with Crippen LogP contribution >= 0.6 is 43.2 Å². The molecule has 8 heteroatoms. The lowest BCUT2D eigenvalue weighted by Crippen LogP contribution is -2.10. The molecule has 0 atom stereocenters. The molecule has 1 aliphatic carbocycles. The van der Waals surface area contributed by atoms with E-state index in [9.17, 15) is 4.79 Å². The Morgan fingerprint density at radius 2 is 1.82 bits per heavy atom. The van der Waals surface area contributed by atoms with Gasteiger partial charge in [-0.3, -0.25) is 4.79 Å². The van der Waals surface area contributed by atoms with Crippen molar-refractivity contribution in [1.29, 1.82) is 0 Å². The fraction of sp³-hybridized carbons (Fsp3) is 0.308. The molecule has 2 aromatic heterocycles. The first kappa shape index (κ1) is 23.6. The van der Waals surface area contributed by atoms with Gasteiger partial charge in [-0.1, -0.05) is 40.9 Å². The van der Waals surface area contributed by atoms with E-state index in [0.29, 0.717) is 23.9 Å². The Bertz CT molecular complexity index is 1400. The number of nitrogens with one attached hydrogen (secondary N) is 1. The number of rotatable bonds is 5. The Morgan fingerprint density at radius 1 is 1.06 bits per heavy atom. The van der Waals surface area contributed by atoms with Crippen molar-refractivity contribution >= 4 is 53.4 Å². The number of hydrogen-bond donors (Lipinski definition) is 1. The zero-order valence-corrected chi connectivity index (χ0v) is 22.7. The highest BCUT2D eigenvalue weighted by Crippen LogP contribution is 2.40. The highest BCUT2D eigenvalue weighted by molar-refractivity contribution is 9.10. The molecule has 1 aliphatic rings. The molecular formula is C26H24Br2N2O3S. The molecule has 2 aromatic carbocycles. The van der Waals surface area contributed by atoms with Crippen molar-refractivity contribution in [3.63, 3.8) is 0 Å². The number of thiophene rings is 1. The number of aromatic nitrogens is 2. The number of H-pyrrole nitrogens is 1. The molecule has 0 fully saturated rings. The molecule has 34 heavy (non-hydrogen) atoms. The van der Waals surface area contributed by atoms with E-state index in [1.54, 1.807) is 18.4 Å². The lowest BCUT2D eigenvalue weighted by molar-refractivity contribution is 0.282. The van der Waals surface area contributed by atoms with E-state index < -0.39 is 0 Å². The number of ether oxygens (including phenoxy) is 2. The Hall–Kier alpha value is -2.16. The fourth-order valence-corrected chi connectivity index (χ4v) is 6.47. The maximum absolute atomic E-state index is 13.1. The Balaban J connectivity index is 1.49. The second kappa shape index (κ2) is 10.2. The fourth-order valence-electron chi connectivity index (χ4n) is 4.39. The molecule has 0 spiro atoms. The Kier molecular flexibility index (Phi) is 7.09. The van der Waals surface area contributed by atoms with Gasteiger partial charge in [0.1, 0.15) is 17.3 Å². The predicted molar refractivity (Wildman–Crippen MR) is 144 cm³/mol. The summed E-state index contributed by atoms with van der Waals surface area (Å²) in [6.07, 6.45) is 6.79. The zero-order chi connectivity index (χ0) is 23.7. The highest BCUT2D eigenvalue weighted by atomic mass is 79.9. The standard InChI is InChI=1S/C26H24Br2N2O3S/c1-32-20-13-16(12-19(28)23(20)33-14-15-8-10-17(27)11-9-15)24-29-25(31)22-18-6-4-2-3-5-7-21(18)34-26(22)30-24/h8-13H,2-7,14H2,1H3,(H,29,30,31). The number of fused-ring (bicyclic) bond motifs is 3. The molecule has 4 aromatic rings. The van der Waals surface area contributed by atoms with Gasteiger partial charge in [0.25, 0.3) is 5.56 Å². The van der Waals surface area contributed by atoms with E-state index in [2.05, 4.69) is 36.8 Å². The number of hydrogen-bond acceptors (Lipinski definition) is 5. The second-order valence-corrected chi connectivity index (χ2v) is 11.3. The van der Waals surface area contributed by atoms with Crippen LogP contribution in [0.25, 0.3) is 21.6 Å². The van der Waals surface area contributed by atoms with Gasteiger partial charge in [-0.15, -0.1) is 11.3 Å². The van der Waals surface area contributed by atoms with Gasteiger partial charge in [0.15, 0.2) is 11.5 Å². The van der Waals surface area contributed by atoms with Crippen LogP contribution in [0.4, 0.5) is 0 Å². The van der Waals surface area contributed by atoms with Crippen LogP contribution < -0.4 is 15.0 Å². The van der Waals surface area contributed by atoms with Gasteiger partial charge < -0.3 is 14.5 Å². The minimum Gasteiger partial charge on any atom is -0.493 e. The molecule has 1 N–H and O–H groups in total. The molecule has 0 radical (unpaired) electrons. The number of methoxy groups -OCH3 is 1. The SMILES string of the molecule is COc1cc(-c2nc3sc4c(c3c(=O)[nH]2)CCCCCC4)cc(Br)c1OCc1ccc(Br)cc1. The van der Waals surface area contributed by atoms with Crippen molar-refractivity contribution in [2.75, 3.05) is 7.11 Å². The Labute approximate surface area is 218 Å². The van der Waals surface area contributed by atoms with Crippen molar-refractivity contribution in [1.82, 2.24) is 9.97 Å². The third-order valence-electron chi connectivity index (χ3n) is 6.12. The molecule has 0 bridgehead atoms. The summed E-state index contributed by atoms with van der Waals surface area (Å²) >= 11 is 8.74. The van der Waals surface area contributed by atoms with Gasteiger partial charge in [-0.2, -0.15) is 0 Å². The van der Waals surface area contributed by atoms with Crippen LogP contribution in [0, 0.1) is 0 Å². The van der Waals surface area contributed by atoms with Crippen LogP contribution in [0.5, 0.6) is 11.5 Å². The van der Waals surface area contributed by atoms with Crippen LogP contribution in [0.3, 0.4) is 0 Å². The summed E-state index contributed by atoms with van der Waals surface area (Å²) < 4.78 is 13.5. The summed E-state index contributed by atoms with van der Waals surface area (Å²) in [5.74, 6) is 1.71. The van der Waals surface area contributed by atoms with Gasteiger partial charge in [-0.25, -0.2) is 4.98 Å². The smallest absolute Gasteiger partial charge is 0.260 e. The quantitative estimate of drug-likeness (QED) is 0.258. The summed E-state index contributed by atoms with van der Waals surface area (Å²) in [7, 11) is 1.61. The minimum atomic E-state index is -0.0660. The van der Waals surface area contributed by atoms with Crippen molar-refractivity contribution in [2.24, 2.45) is 0 Å². The highest BCUT2D eigenvalue weighted by Gasteiger charge is 2.20. The third-order valence-corrected chi connectivity index (χ3v) is 8.43.